The Morgan fingerprint density at radius 2 is 2.21 bits per heavy atom. The summed E-state index contributed by atoms with van der Waals surface area (Å²) in [7, 11) is 0. The van der Waals surface area contributed by atoms with Crippen molar-refractivity contribution in [2.75, 3.05) is 13.2 Å². The van der Waals surface area contributed by atoms with E-state index < -0.39 is 35.2 Å². The van der Waals surface area contributed by atoms with Crippen LogP contribution in [0.15, 0.2) is 15.8 Å². The zero-order valence-electron chi connectivity index (χ0n) is 9.96. The van der Waals surface area contributed by atoms with E-state index in [1.807, 2.05) is 0 Å². The second-order valence-electron chi connectivity index (χ2n) is 4.76. The summed E-state index contributed by atoms with van der Waals surface area (Å²) in [6.07, 6.45) is -0.858. The van der Waals surface area contributed by atoms with Crippen LogP contribution in [0.1, 0.15) is 18.1 Å². The van der Waals surface area contributed by atoms with E-state index in [2.05, 4.69) is 9.97 Å². The summed E-state index contributed by atoms with van der Waals surface area (Å²) in [6, 6.07) is 0. The van der Waals surface area contributed by atoms with Crippen LogP contribution in [0.4, 0.5) is 0 Å². The molecule has 0 bridgehead atoms. The quantitative estimate of drug-likeness (QED) is 0.493. The summed E-state index contributed by atoms with van der Waals surface area (Å²) in [5, 5.41) is 19.3. The van der Waals surface area contributed by atoms with Gasteiger partial charge in [-0.15, -0.1) is 0 Å². The van der Waals surface area contributed by atoms with Crippen LogP contribution in [0.5, 0.6) is 0 Å². The van der Waals surface area contributed by atoms with E-state index in [4.69, 9.17) is 9.47 Å². The topological polar surface area (TPSA) is 125 Å². The molecule has 104 valence electrons. The Kier molecular flexibility index (Phi) is 2.82. The Labute approximate surface area is 107 Å². The molecule has 1 aromatic rings. The first-order chi connectivity index (χ1) is 9.08. The summed E-state index contributed by atoms with van der Waals surface area (Å²) in [5.41, 5.74) is -2.04. The second kappa shape index (κ2) is 4.27. The van der Waals surface area contributed by atoms with Crippen molar-refractivity contribution < 1.29 is 19.7 Å². The summed E-state index contributed by atoms with van der Waals surface area (Å²) >= 11 is 0. The number of hydrogen-bond donors (Lipinski definition) is 4. The number of aromatic nitrogens is 2. The zero-order chi connectivity index (χ0) is 13.6. The molecule has 1 aromatic heterocycles. The summed E-state index contributed by atoms with van der Waals surface area (Å²) < 4.78 is 11.0. The zero-order valence-corrected chi connectivity index (χ0v) is 9.96. The Bertz CT molecular complexity index is 589. The van der Waals surface area contributed by atoms with E-state index in [0.717, 1.165) is 0 Å². The molecule has 2 aliphatic rings. The summed E-state index contributed by atoms with van der Waals surface area (Å²) in [6.45, 7) is 0.0837. The minimum absolute atomic E-state index is 0.175. The fourth-order valence-electron chi connectivity index (χ4n) is 2.71. The molecular formula is C11H14N2O6. The van der Waals surface area contributed by atoms with Crippen LogP contribution in [0.25, 0.3) is 0 Å². The van der Waals surface area contributed by atoms with Gasteiger partial charge in [0.1, 0.15) is 23.9 Å². The third kappa shape index (κ3) is 1.68. The van der Waals surface area contributed by atoms with Gasteiger partial charge in [0.05, 0.1) is 18.8 Å². The number of nitrogens with one attached hydrogen (secondary N) is 2. The third-order valence-electron chi connectivity index (χ3n) is 3.78. The highest BCUT2D eigenvalue weighted by atomic mass is 16.6. The third-order valence-corrected chi connectivity index (χ3v) is 3.78. The smallest absolute Gasteiger partial charge is 0.325 e. The van der Waals surface area contributed by atoms with Crippen molar-refractivity contribution >= 4 is 0 Å². The second-order valence-corrected chi connectivity index (χ2v) is 4.76. The van der Waals surface area contributed by atoms with Crippen LogP contribution in [-0.2, 0) is 9.47 Å². The van der Waals surface area contributed by atoms with Crippen molar-refractivity contribution in [2.24, 2.45) is 0 Å². The van der Waals surface area contributed by atoms with Crippen LogP contribution >= 0.6 is 0 Å². The highest BCUT2D eigenvalue weighted by Crippen LogP contribution is 2.49. The minimum atomic E-state index is -1.02. The number of aromatic amines is 2. The van der Waals surface area contributed by atoms with Crippen molar-refractivity contribution in [3.8, 4) is 0 Å². The van der Waals surface area contributed by atoms with Crippen LogP contribution in [0.3, 0.4) is 0 Å². The van der Waals surface area contributed by atoms with E-state index in [9.17, 15) is 19.8 Å². The van der Waals surface area contributed by atoms with Crippen LogP contribution in [0.2, 0.25) is 0 Å². The molecule has 4 atom stereocenters. The van der Waals surface area contributed by atoms with E-state index in [0.29, 0.717) is 13.0 Å². The lowest BCUT2D eigenvalue weighted by Crippen LogP contribution is -2.56. The molecule has 8 nitrogen and oxygen atoms in total. The SMILES string of the molecule is O=c1[nH]cc(C2OC(CO)C(O)C23CCO3)c(=O)[nH]1. The number of aliphatic hydroxyl groups excluding tert-OH is 2. The molecular weight excluding hydrogens is 256 g/mol. The number of hydrogen-bond acceptors (Lipinski definition) is 6. The molecule has 0 saturated carbocycles. The minimum Gasteiger partial charge on any atom is -0.394 e. The lowest BCUT2D eigenvalue weighted by atomic mass is 9.81. The largest absolute Gasteiger partial charge is 0.394 e. The van der Waals surface area contributed by atoms with Crippen molar-refractivity contribution in [3.63, 3.8) is 0 Å². The van der Waals surface area contributed by atoms with Gasteiger partial charge in [-0.1, -0.05) is 0 Å². The maximum absolute atomic E-state index is 11.8. The molecule has 0 radical (unpaired) electrons. The van der Waals surface area contributed by atoms with Crippen molar-refractivity contribution in [2.45, 2.75) is 30.3 Å². The number of aliphatic hydroxyl groups is 2. The van der Waals surface area contributed by atoms with Crippen LogP contribution in [0, 0.1) is 0 Å². The number of H-pyrrole nitrogens is 2. The van der Waals surface area contributed by atoms with Crippen molar-refractivity contribution in [1.29, 1.82) is 0 Å². The Morgan fingerprint density at radius 3 is 2.74 bits per heavy atom. The van der Waals surface area contributed by atoms with Gasteiger partial charge in [-0.3, -0.25) is 9.78 Å². The van der Waals surface area contributed by atoms with E-state index in [1.54, 1.807) is 0 Å². The fourth-order valence-corrected chi connectivity index (χ4v) is 2.71. The van der Waals surface area contributed by atoms with E-state index in [1.165, 1.54) is 6.20 Å². The molecule has 0 aliphatic carbocycles. The Morgan fingerprint density at radius 1 is 1.47 bits per heavy atom. The highest BCUT2D eigenvalue weighted by molar-refractivity contribution is 5.21. The maximum atomic E-state index is 11.8. The van der Waals surface area contributed by atoms with Gasteiger partial charge in [0, 0.05) is 12.6 Å². The summed E-state index contributed by atoms with van der Waals surface area (Å²) in [5.74, 6) is 0. The van der Waals surface area contributed by atoms with Gasteiger partial charge < -0.3 is 24.7 Å². The lowest BCUT2D eigenvalue weighted by molar-refractivity contribution is -0.211. The number of ether oxygens (including phenoxy) is 2. The van der Waals surface area contributed by atoms with Crippen molar-refractivity contribution in [3.05, 3.63) is 32.6 Å². The molecule has 3 heterocycles. The van der Waals surface area contributed by atoms with Crippen LogP contribution in [-0.4, -0.2) is 51.2 Å². The number of rotatable bonds is 2. The first kappa shape index (κ1) is 12.5. The Balaban J connectivity index is 2.04. The molecule has 0 aromatic carbocycles. The molecule has 8 heteroatoms. The maximum Gasteiger partial charge on any atom is 0.325 e. The van der Waals surface area contributed by atoms with Crippen molar-refractivity contribution in [1.82, 2.24) is 9.97 Å². The van der Waals surface area contributed by atoms with Gasteiger partial charge in [0.25, 0.3) is 5.56 Å². The molecule has 19 heavy (non-hydrogen) atoms. The van der Waals surface area contributed by atoms with E-state index >= 15 is 0 Å². The van der Waals surface area contributed by atoms with Gasteiger partial charge in [0.15, 0.2) is 0 Å². The molecule has 4 unspecified atom stereocenters. The monoisotopic (exact) mass is 270 g/mol. The molecule has 3 rings (SSSR count). The highest BCUT2D eigenvalue weighted by Gasteiger charge is 2.61. The molecule has 2 fully saturated rings. The lowest BCUT2D eigenvalue weighted by Gasteiger charge is -2.43. The molecule has 2 aliphatic heterocycles. The predicted octanol–water partition coefficient (Wildman–Crippen LogP) is -1.98. The van der Waals surface area contributed by atoms with Gasteiger partial charge >= 0.3 is 5.69 Å². The molecule has 4 N–H and O–H groups in total. The Hall–Kier alpha value is -1.48. The van der Waals surface area contributed by atoms with Gasteiger partial charge in [-0.05, 0) is 0 Å². The molecule has 0 amide bonds. The first-order valence-electron chi connectivity index (χ1n) is 5.99. The average molecular weight is 270 g/mol. The fraction of sp³-hybridized carbons (Fsp3) is 0.636. The normalized spacial score (nSPS) is 37.5. The standard InChI is InChI=1S/C11H14N2O6/c14-4-6-7(15)11(1-2-18-11)8(19-6)5-3-12-10(17)13-9(5)16/h3,6-8,14-15H,1-2,4H2,(H2,12,13,16,17). The van der Waals surface area contributed by atoms with Gasteiger partial charge in [-0.2, -0.15) is 0 Å². The molecule has 1 spiro atoms. The van der Waals surface area contributed by atoms with Gasteiger partial charge in [0.2, 0.25) is 0 Å². The molecule has 2 saturated heterocycles. The van der Waals surface area contributed by atoms with Crippen LogP contribution < -0.4 is 11.2 Å². The first-order valence-corrected chi connectivity index (χ1v) is 5.99. The predicted molar refractivity (Wildman–Crippen MR) is 61.7 cm³/mol. The van der Waals surface area contributed by atoms with Gasteiger partial charge in [-0.25, -0.2) is 4.79 Å². The van der Waals surface area contributed by atoms with E-state index in [-0.39, 0.29) is 12.2 Å². The average Bonchev–Trinajstić information content (AvgIpc) is 2.62. The summed E-state index contributed by atoms with van der Waals surface area (Å²) in [4.78, 5) is 27.3.